The summed E-state index contributed by atoms with van der Waals surface area (Å²) in [6, 6.07) is 6.70. The average Bonchev–Trinajstić information content (AvgIpc) is 2.29. The highest BCUT2D eigenvalue weighted by Crippen LogP contribution is 2.12. The molecule has 1 unspecified atom stereocenters. The van der Waals surface area contributed by atoms with E-state index in [0.717, 1.165) is 25.2 Å². The maximum Gasteiger partial charge on any atom is 0.219 e. The van der Waals surface area contributed by atoms with Gasteiger partial charge in [0, 0.05) is 32.6 Å². The number of benzene rings is 1. The van der Waals surface area contributed by atoms with Crippen LogP contribution in [-0.2, 0) is 11.2 Å². The van der Waals surface area contributed by atoms with Crippen molar-refractivity contribution in [2.45, 2.75) is 19.4 Å². The number of nitrogens with one attached hydrogen (secondary N) is 1. The molecule has 1 heterocycles. The molecular weight excluding hydrogens is 219 g/mol. The zero-order chi connectivity index (χ0) is 12.3. The van der Waals surface area contributed by atoms with E-state index in [9.17, 15) is 9.18 Å². The van der Waals surface area contributed by atoms with Gasteiger partial charge in [0.1, 0.15) is 5.82 Å². The summed E-state index contributed by atoms with van der Waals surface area (Å²) < 4.78 is 13.1. The van der Waals surface area contributed by atoms with Gasteiger partial charge in [0.2, 0.25) is 5.91 Å². The third-order valence-corrected chi connectivity index (χ3v) is 3.12. The minimum atomic E-state index is -0.222. The van der Waals surface area contributed by atoms with E-state index in [2.05, 4.69) is 5.32 Å². The minimum Gasteiger partial charge on any atom is -0.337 e. The fourth-order valence-electron chi connectivity index (χ4n) is 2.29. The lowest BCUT2D eigenvalue weighted by Crippen LogP contribution is -2.53. The largest absolute Gasteiger partial charge is 0.337 e. The highest BCUT2D eigenvalue weighted by molar-refractivity contribution is 5.73. The Balaban J connectivity index is 2.08. The third-order valence-electron chi connectivity index (χ3n) is 3.12. The maximum absolute atomic E-state index is 13.1. The van der Waals surface area contributed by atoms with Gasteiger partial charge in [0.15, 0.2) is 0 Å². The zero-order valence-electron chi connectivity index (χ0n) is 9.95. The van der Waals surface area contributed by atoms with Crippen molar-refractivity contribution in [3.8, 4) is 0 Å². The number of amides is 1. The van der Waals surface area contributed by atoms with Crippen LogP contribution < -0.4 is 5.32 Å². The predicted octanol–water partition coefficient (Wildman–Crippen LogP) is 1.19. The van der Waals surface area contributed by atoms with Gasteiger partial charge in [-0.1, -0.05) is 12.1 Å². The predicted molar refractivity (Wildman–Crippen MR) is 64.1 cm³/mol. The van der Waals surface area contributed by atoms with Crippen LogP contribution in [0.4, 0.5) is 4.39 Å². The summed E-state index contributed by atoms with van der Waals surface area (Å²) in [4.78, 5) is 13.4. The number of halogens is 1. The van der Waals surface area contributed by atoms with Crippen molar-refractivity contribution in [1.29, 1.82) is 0 Å². The van der Waals surface area contributed by atoms with Crippen LogP contribution in [0, 0.1) is 5.82 Å². The fourth-order valence-corrected chi connectivity index (χ4v) is 2.29. The van der Waals surface area contributed by atoms with Crippen molar-refractivity contribution in [3.63, 3.8) is 0 Å². The minimum absolute atomic E-state index is 0.0907. The highest BCUT2D eigenvalue weighted by Gasteiger charge is 2.24. The summed E-state index contributed by atoms with van der Waals surface area (Å²) in [5.41, 5.74) is 0.935. The van der Waals surface area contributed by atoms with Crippen LogP contribution in [0.2, 0.25) is 0 Å². The van der Waals surface area contributed by atoms with Gasteiger partial charge in [-0.05, 0) is 24.1 Å². The first kappa shape index (κ1) is 12.0. The van der Waals surface area contributed by atoms with Crippen LogP contribution in [0.1, 0.15) is 12.5 Å². The van der Waals surface area contributed by atoms with Crippen molar-refractivity contribution in [2.24, 2.45) is 0 Å². The molecule has 1 aromatic carbocycles. The molecule has 2 rings (SSSR count). The van der Waals surface area contributed by atoms with E-state index in [1.807, 2.05) is 11.0 Å². The molecule has 1 aromatic rings. The van der Waals surface area contributed by atoms with Crippen molar-refractivity contribution in [1.82, 2.24) is 10.2 Å². The molecule has 1 aliphatic heterocycles. The molecule has 0 saturated carbocycles. The highest BCUT2D eigenvalue weighted by atomic mass is 19.1. The molecular formula is C13H17FN2O. The molecule has 3 nitrogen and oxygen atoms in total. The topological polar surface area (TPSA) is 32.3 Å². The Morgan fingerprint density at radius 2 is 2.41 bits per heavy atom. The van der Waals surface area contributed by atoms with Crippen LogP contribution >= 0.6 is 0 Å². The fraction of sp³-hybridized carbons (Fsp3) is 0.462. The van der Waals surface area contributed by atoms with Crippen LogP contribution in [-0.4, -0.2) is 36.5 Å². The van der Waals surface area contributed by atoms with Crippen LogP contribution in [0.3, 0.4) is 0 Å². The van der Waals surface area contributed by atoms with Crippen molar-refractivity contribution >= 4 is 5.91 Å². The number of hydrogen-bond donors (Lipinski definition) is 1. The second kappa shape index (κ2) is 5.27. The Morgan fingerprint density at radius 3 is 3.12 bits per heavy atom. The van der Waals surface area contributed by atoms with Crippen molar-refractivity contribution in [2.75, 3.05) is 19.6 Å². The molecule has 1 fully saturated rings. The normalized spacial score (nSPS) is 20.4. The number of carbonyl (C=O) groups excluding carboxylic acids is 1. The summed E-state index contributed by atoms with van der Waals surface area (Å²) in [6.07, 6.45) is 0.699. The molecule has 1 aliphatic rings. The maximum atomic E-state index is 13.1. The first-order valence-corrected chi connectivity index (χ1v) is 5.89. The summed E-state index contributed by atoms with van der Waals surface area (Å²) in [5.74, 6) is -0.131. The lowest BCUT2D eigenvalue weighted by molar-refractivity contribution is -0.131. The smallest absolute Gasteiger partial charge is 0.219 e. The second-order valence-corrected chi connectivity index (χ2v) is 4.40. The van der Waals surface area contributed by atoms with Crippen molar-refractivity contribution in [3.05, 3.63) is 35.6 Å². The zero-order valence-corrected chi connectivity index (χ0v) is 9.95. The van der Waals surface area contributed by atoms with E-state index in [1.165, 1.54) is 12.1 Å². The Morgan fingerprint density at radius 1 is 1.59 bits per heavy atom. The Hall–Kier alpha value is -1.42. The number of piperazine rings is 1. The van der Waals surface area contributed by atoms with Gasteiger partial charge >= 0.3 is 0 Å². The Bertz CT molecular complexity index is 408. The summed E-state index contributed by atoms with van der Waals surface area (Å²) in [6.45, 7) is 3.93. The third kappa shape index (κ3) is 3.03. The molecule has 1 N–H and O–H groups in total. The number of rotatable bonds is 2. The van der Waals surface area contributed by atoms with E-state index in [1.54, 1.807) is 13.0 Å². The molecule has 0 aliphatic carbocycles. The van der Waals surface area contributed by atoms with Gasteiger partial charge in [-0.2, -0.15) is 0 Å². The van der Waals surface area contributed by atoms with E-state index >= 15 is 0 Å². The van der Waals surface area contributed by atoms with Gasteiger partial charge in [-0.15, -0.1) is 0 Å². The molecule has 92 valence electrons. The molecule has 1 amide bonds. The molecule has 1 atom stereocenters. The van der Waals surface area contributed by atoms with Crippen LogP contribution in [0.15, 0.2) is 24.3 Å². The van der Waals surface area contributed by atoms with Crippen LogP contribution in [0.5, 0.6) is 0 Å². The second-order valence-electron chi connectivity index (χ2n) is 4.40. The SMILES string of the molecule is CC(=O)N1CCNCC1Cc1cccc(F)c1. The molecule has 0 radical (unpaired) electrons. The van der Waals surface area contributed by atoms with Crippen molar-refractivity contribution < 1.29 is 9.18 Å². The first-order chi connectivity index (χ1) is 8.16. The monoisotopic (exact) mass is 236 g/mol. The molecule has 4 heteroatoms. The summed E-state index contributed by atoms with van der Waals surface area (Å²) >= 11 is 0. The van der Waals surface area contributed by atoms with E-state index in [-0.39, 0.29) is 17.8 Å². The van der Waals surface area contributed by atoms with Gasteiger partial charge in [-0.3, -0.25) is 4.79 Å². The molecule has 0 aromatic heterocycles. The van der Waals surface area contributed by atoms with Gasteiger partial charge in [0.05, 0.1) is 0 Å². The summed E-state index contributed by atoms with van der Waals surface area (Å²) in [7, 11) is 0. The van der Waals surface area contributed by atoms with Gasteiger partial charge in [0.25, 0.3) is 0 Å². The summed E-state index contributed by atoms with van der Waals surface area (Å²) in [5, 5.41) is 3.27. The Kier molecular flexibility index (Phi) is 3.74. The average molecular weight is 236 g/mol. The van der Waals surface area contributed by atoms with E-state index < -0.39 is 0 Å². The quantitative estimate of drug-likeness (QED) is 0.836. The van der Waals surface area contributed by atoms with Gasteiger partial charge in [-0.25, -0.2) is 4.39 Å². The van der Waals surface area contributed by atoms with E-state index in [0.29, 0.717) is 6.42 Å². The van der Waals surface area contributed by atoms with E-state index in [4.69, 9.17) is 0 Å². The standard InChI is InChI=1S/C13H17FN2O/c1-10(17)16-6-5-15-9-13(16)8-11-3-2-4-12(14)7-11/h2-4,7,13,15H,5-6,8-9H2,1H3. The molecule has 0 spiro atoms. The van der Waals surface area contributed by atoms with Crippen LogP contribution in [0.25, 0.3) is 0 Å². The number of hydrogen-bond acceptors (Lipinski definition) is 2. The number of carbonyl (C=O) groups is 1. The number of nitrogens with zero attached hydrogens (tertiary/aromatic N) is 1. The lowest BCUT2D eigenvalue weighted by atomic mass is 10.0. The van der Waals surface area contributed by atoms with Gasteiger partial charge < -0.3 is 10.2 Å². The lowest BCUT2D eigenvalue weighted by Gasteiger charge is -2.35. The first-order valence-electron chi connectivity index (χ1n) is 5.89. The molecule has 17 heavy (non-hydrogen) atoms. The Labute approximate surface area is 101 Å². The molecule has 0 bridgehead atoms. The molecule has 1 saturated heterocycles.